The number of allylic oxidation sites excluding steroid dienone is 2. The Morgan fingerprint density at radius 2 is 2.14 bits per heavy atom. The van der Waals surface area contributed by atoms with Gasteiger partial charge in [-0.15, -0.1) is 6.42 Å². The van der Waals surface area contributed by atoms with E-state index in [4.69, 9.17) is 3.90 Å². The summed E-state index contributed by atoms with van der Waals surface area (Å²) >= 11 is 2.62. The molecule has 0 atom stereocenters. The van der Waals surface area contributed by atoms with E-state index in [2.05, 4.69) is 29.2 Å². The molecule has 0 aliphatic heterocycles. The summed E-state index contributed by atoms with van der Waals surface area (Å²) in [5.41, 5.74) is 0. The molecule has 0 rings (SSSR count). The predicted octanol–water partition coefficient (Wildman–Crippen LogP) is 1.67. The molecular formula is C5H9NiO-. The monoisotopic (exact) mass is 143 g/mol. The maximum absolute atomic E-state index is 7.88. The Balaban J connectivity index is 0. The zero-order valence-corrected chi connectivity index (χ0v) is 5.28. The van der Waals surface area contributed by atoms with Crippen LogP contribution in [0.4, 0.5) is 0 Å². The third-order valence-electron chi connectivity index (χ3n) is 0.402. The molecule has 0 bridgehead atoms. The molecule has 0 spiro atoms. The van der Waals surface area contributed by atoms with Crippen molar-refractivity contribution in [3.05, 3.63) is 19.1 Å². The van der Waals surface area contributed by atoms with Gasteiger partial charge in [-0.1, -0.05) is 6.92 Å². The summed E-state index contributed by atoms with van der Waals surface area (Å²) in [5, 5.41) is 0. The van der Waals surface area contributed by atoms with E-state index in [9.17, 15) is 0 Å². The van der Waals surface area contributed by atoms with Gasteiger partial charge in [0.15, 0.2) is 0 Å². The Bertz CT molecular complexity index is 43.3. The Kier molecular flexibility index (Phi) is 24.1. The van der Waals surface area contributed by atoms with Crippen LogP contribution in [-0.2, 0) is 19.3 Å². The molecule has 0 aromatic rings. The summed E-state index contributed by atoms with van der Waals surface area (Å²) in [4.78, 5) is 0. The molecule has 0 amide bonds. The second-order valence-corrected chi connectivity index (χ2v) is 0.880. The van der Waals surface area contributed by atoms with Crippen LogP contribution in [0, 0.1) is 6.92 Å². The fraction of sp³-hybridized carbons (Fsp3) is 0.400. The second kappa shape index (κ2) is 16.8. The quantitative estimate of drug-likeness (QED) is 0.403. The van der Waals surface area contributed by atoms with Gasteiger partial charge in [0.1, 0.15) is 0 Å². The third kappa shape index (κ3) is 24.8. The van der Waals surface area contributed by atoms with E-state index in [1.165, 1.54) is 0 Å². The van der Waals surface area contributed by atoms with Crippen molar-refractivity contribution in [1.82, 2.24) is 0 Å². The van der Waals surface area contributed by atoms with Crippen molar-refractivity contribution in [2.45, 2.75) is 13.3 Å². The summed E-state index contributed by atoms with van der Waals surface area (Å²) in [6, 6.07) is 0. The first-order chi connectivity index (χ1) is 3.41. The standard InChI is InChI=1S/C5H9.Ni.O/c1-3-5-4-2;;/h3,5H,1,4H2,2H3;;/q-1;;. The van der Waals surface area contributed by atoms with E-state index < -0.39 is 0 Å². The Morgan fingerprint density at radius 1 is 1.71 bits per heavy atom. The van der Waals surface area contributed by atoms with Crippen molar-refractivity contribution < 1.29 is 19.3 Å². The normalized spacial score (nSPS) is 7.86. The number of hydrogen-bond acceptors (Lipinski definition) is 1. The second-order valence-electron chi connectivity index (χ2n) is 0.880. The zero-order chi connectivity index (χ0) is 6.12. The molecule has 2 heteroatoms. The number of hydrogen-bond donors (Lipinski definition) is 0. The van der Waals surface area contributed by atoms with Gasteiger partial charge in [0.05, 0.1) is 0 Å². The van der Waals surface area contributed by atoms with Gasteiger partial charge >= 0.3 is 19.3 Å². The van der Waals surface area contributed by atoms with Crippen LogP contribution in [0.2, 0.25) is 0 Å². The van der Waals surface area contributed by atoms with Crippen molar-refractivity contribution in [2.75, 3.05) is 0 Å². The van der Waals surface area contributed by atoms with Gasteiger partial charge in [0.2, 0.25) is 0 Å². The van der Waals surface area contributed by atoms with Crippen LogP contribution in [0.1, 0.15) is 13.3 Å². The molecule has 0 saturated heterocycles. The van der Waals surface area contributed by atoms with Crippen molar-refractivity contribution in [3.8, 4) is 0 Å². The van der Waals surface area contributed by atoms with Crippen LogP contribution in [0.15, 0.2) is 12.2 Å². The SMILES string of the molecule is [CH2-]C=CCC.[O]=[Ni]. The molecule has 0 aliphatic carbocycles. The van der Waals surface area contributed by atoms with Crippen LogP contribution in [0.3, 0.4) is 0 Å². The fourth-order valence-electron chi connectivity index (χ4n) is 0.167. The summed E-state index contributed by atoms with van der Waals surface area (Å²) in [6.07, 6.45) is 4.92. The number of rotatable bonds is 1. The molecule has 0 aromatic heterocycles. The molecule has 46 valence electrons. The first-order valence-electron chi connectivity index (χ1n) is 1.99. The third-order valence-corrected chi connectivity index (χ3v) is 0.402. The summed E-state index contributed by atoms with van der Waals surface area (Å²) in [5.74, 6) is 0. The summed E-state index contributed by atoms with van der Waals surface area (Å²) < 4.78 is 7.88. The van der Waals surface area contributed by atoms with E-state index in [0.717, 1.165) is 6.42 Å². The van der Waals surface area contributed by atoms with Gasteiger partial charge in [0, 0.05) is 0 Å². The minimum absolute atomic E-state index is 1.10. The van der Waals surface area contributed by atoms with Gasteiger partial charge in [-0.05, 0) is 0 Å². The predicted molar refractivity (Wildman–Crippen MR) is 25.5 cm³/mol. The van der Waals surface area contributed by atoms with Gasteiger partial charge in [0.25, 0.3) is 0 Å². The van der Waals surface area contributed by atoms with Crippen molar-refractivity contribution in [1.29, 1.82) is 0 Å². The Labute approximate surface area is 52.4 Å². The molecule has 0 radical (unpaired) electrons. The van der Waals surface area contributed by atoms with Crippen LogP contribution in [-0.4, -0.2) is 0 Å². The van der Waals surface area contributed by atoms with E-state index in [1.54, 1.807) is 6.08 Å². The molecule has 0 aromatic carbocycles. The zero-order valence-electron chi connectivity index (χ0n) is 4.29. The molecule has 0 saturated carbocycles. The topological polar surface area (TPSA) is 17.1 Å². The molecule has 0 unspecified atom stereocenters. The molecule has 7 heavy (non-hydrogen) atoms. The molecule has 0 aliphatic rings. The van der Waals surface area contributed by atoms with Crippen molar-refractivity contribution in [3.63, 3.8) is 0 Å². The molecule has 0 fully saturated rings. The van der Waals surface area contributed by atoms with Gasteiger partial charge in [-0.2, -0.15) is 0 Å². The Morgan fingerprint density at radius 3 is 2.14 bits per heavy atom. The molecule has 1 nitrogen and oxygen atoms in total. The summed E-state index contributed by atoms with van der Waals surface area (Å²) in [6.45, 7) is 5.58. The average Bonchev–Trinajstić information content (AvgIpc) is 1.75. The molecule has 0 N–H and O–H groups in total. The van der Waals surface area contributed by atoms with Crippen LogP contribution < -0.4 is 0 Å². The van der Waals surface area contributed by atoms with Crippen LogP contribution >= 0.6 is 0 Å². The molecule has 0 heterocycles. The van der Waals surface area contributed by atoms with E-state index >= 15 is 0 Å². The Hall–Kier alpha value is -0.0965. The summed E-state index contributed by atoms with van der Waals surface area (Å²) in [7, 11) is 0. The maximum atomic E-state index is 7.88. The van der Waals surface area contributed by atoms with E-state index in [1.807, 2.05) is 6.08 Å². The van der Waals surface area contributed by atoms with Crippen molar-refractivity contribution in [2.24, 2.45) is 0 Å². The fourth-order valence-corrected chi connectivity index (χ4v) is 0.167. The van der Waals surface area contributed by atoms with Gasteiger partial charge in [-0.25, -0.2) is 19.1 Å². The van der Waals surface area contributed by atoms with Crippen molar-refractivity contribution >= 4 is 0 Å². The molecular weight excluding hydrogens is 135 g/mol. The van der Waals surface area contributed by atoms with Crippen LogP contribution in [0.25, 0.3) is 0 Å². The minimum atomic E-state index is 1.10. The van der Waals surface area contributed by atoms with E-state index in [-0.39, 0.29) is 0 Å². The average molecular weight is 144 g/mol. The van der Waals surface area contributed by atoms with Gasteiger partial charge < -0.3 is 0 Å². The first kappa shape index (κ1) is 10.0. The van der Waals surface area contributed by atoms with Gasteiger partial charge in [-0.3, -0.25) is 0 Å². The van der Waals surface area contributed by atoms with E-state index in [0.29, 0.717) is 0 Å². The first-order valence-corrected chi connectivity index (χ1v) is 2.39. The van der Waals surface area contributed by atoms with Crippen LogP contribution in [0.5, 0.6) is 0 Å².